The maximum atomic E-state index is 4.58. The van der Waals surface area contributed by atoms with Crippen LogP contribution in [0.2, 0.25) is 0 Å². The number of nitrogens with one attached hydrogen (secondary N) is 2. The van der Waals surface area contributed by atoms with Crippen molar-refractivity contribution in [2.45, 2.75) is 0 Å². The third-order valence-corrected chi connectivity index (χ3v) is 3.97. The van der Waals surface area contributed by atoms with Crippen molar-refractivity contribution in [1.82, 2.24) is 25.4 Å². The van der Waals surface area contributed by atoms with Gasteiger partial charge in [-0.3, -0.25) is 10.2 Å². The Balaban J connectivity index is 2.01. The molecule has 5 rings (SSSR count). The van der Waals surface area contributed by atoms with Crippen LogP contribution in [0.1, 0.15) is 0 Å². The molecule has 2 N–H and O–H groups in total. The molecule has 5 nitrogen and oxygen atoms in total. The number of hydrogen-bond donors (Lipinski definition) is 2. The minimum Gasteiger partial charge on any atom is -0.298 e. The molecule has 5 heteroatoms. The fraction of sp³-hybridized carbons (Fsp3) is 0. The zero-order valence-corrected chi connectivity index (χ0v) is 11.5. The molecule has 5 aromatic rings. The average molecular weight is 285 g/mol. The zero-order valence-electron chi connectivity index (χ0n) is 11.5. The number of aromatic amines is 2. The van der Waals surface area contributed by atoms with Gasteiger partial charge >= 0.3 is 0 Å². The Labute approximate surface area is 125 Å². The van der Waals surface area contributed by atoms with Crippen LogP contribution < -0.4 is 0 Å². The van der Waals surface area contributed by atoms with E-state index in [9.17, 15) is 0 Å². The van der Waals surface area contributed by atoms with Gasteiger partial charge in [-0.15, -0.1) is 10.2 Å². The van der Waals surface area contributed by atoms with E-state index in [1.807, 2.05) is 36.4 Å². The van der Waals surface area contributed by atoms with Crippen molar-refractivity contribution in [2.24, 2.45) is 0 Å². The Bertz CT molecular complexity index is 1120. The summed E-state index contributed by atoms with van der Waals surface area (Å²) in [7, 11) is 0. The van der Waals surface area contributed by atoms with Gasteiger partial charge in [0.25, 0.3) is 0 Å². The summed E-state index contributed by atoms with van der Waals surface area (Å²) < 4.78 is 0. The van der Waals surface area contributed by atoms with Crippen LogP contribution in [0.25, 0.3) is 44.2 Å². The van der Waals surface area contributed by atoms with E-state index >= 15 is 0 Å². The van der Waals surface area contributed by atoms with Gasteiger partial charge in [0.15, 0.2) is 11.3 Å². The molecule has 0 saturated carbocycles. The highest BCUT2D eigenvalue weighted by molar-refractivity contribution is 6.20. The van der Waals surface area contributed by atoms with E-state index in [0.29, 0.717) is 5.65 Å². The Morgan fingerprint density at radius 1 is 0.727 bits per heavy atom. The standard InChI is InChI=1S/C17H11N5/c1-2-6-10(7-3-1)15-14-13-11-8-4-5-9-12(11)18-16(13)20-22-17(14)21-19-15/h1-9H,(H2,19,21,22). The maximum Gasteiger partial charge on any atom is 0.183 e. The van der Waals surface area contributed by atoms with Crippen LogP contribution in [-0.4, -0.2) is 25.4 Å². The average Bonchev–Trinajstić information content (AvgIpc) is 3.16. The number of H-pyrrole nitrogens is 2. The second-order valence-electron chi connectivity index (χ2n) is 5.24. The summed E-state index contributed by atoms with van der Waals surface area (Å²) in [5, 5.41) is 18.0. The summed E-state index contributed by atoms with van der Waals surface area (Å²) in [5.41, 5.74) is 4.48. The van der Waals surface area contributed by atoms with Crippen LogP contribution in [0.5, 0.6) is 0 Å². The molecular formula is C17H11N5. The van der Waals surface area contributed by atoms with Crippen LogP contribution in [-0.2, 0) is 0 Å². The molecule has 0 aliphatic rings. The van der Waals surface area contributed by atoms with Crippen molar-refractivity contribution in [3.63, 3.8) is 0 Å². The van der Waals surface area contributed by atoms with Gasteiger partial charge in [-0.1, -0.05) is 48.5 Å². The topological polar surface area (TPSA) is 70.2 Å². The predicted octanol–water partition coefficient (Wildman–Crippen LogP) is 3.65. The van der Waals surface area contributed by atoms with Crippen LogP contribution in [0.3, 0.4) is 0 Å². The minimum atomic E-state index is 0.680. The van der Waals surface area contributed by atoms with Gasteiger partial charge in [0.05, 0.1) is 16.6 Å². The Morgan fingerprint density at radius 3 is 2.45 bits per heavy atom. The van der Waals surface area contributed by atoms with E-state index in [1.54, 1.807) is 0 Å². The molecule has 3 heterocycles. The molecular weight excluding hydrogens is 274 g/mol. The first-order chi connectivity index (χ1) is 10.9. The number of benzene rings is 2. The minimum absolute atomic E-state index is 0.680. The van der Waals surface area contributed by atoms with Crippen molar-refractivity contribution in [3.8, 4) is 11.3 Å². The highest BCUT2D eigenvalue weighted by Crippen LogP contribution is 2.34. The summed E-state index contributed by atoms with van der Waals surface area (Å²) >= 11 is 0. The van der Waals surface area contributed by atoms with Crippen molar-refractivity contribution in [2.75, 3.05) is 0 Å². The quantitative estimate of drug-likeness (QED) is 0.494. The van der Waals surface area contributed by atoms with Crippen LogP contribution in [0.4, 0.5) is 0 Å². The fourth-order valence-corrected chi connectivity index (χ4v) is 2.99. The molecule has 0 spiro atoms. The molecule has 22 heavy (non-hydrogen) atoms. The van der Waals surface area contributed by atoms with E-state index in [2.05, 4.69) is 43.6 Å². The lowest BCUT2D eigenvalue weighted by Gasteiger charge is -1.99. The van der Waals surface area contributed by atoms with Crippen LogP contribution in [0.15, 0.2) is 54.6 Å². The summed E-state index contributed by atoms with van der Waals surface area (Å²) in [5.74, 6) is 0. The molecule has 0 unspecified atom stereocenters. The molecule has 0 saturated heterocycles. The lowest BCUT2D eigenvalue weighted by atomic mass is 10.1. The molecule has 0 fully saturated rings. The predicted molar refractivity (Wildman–Crippen MR) is 86.5 cm³/mol. The van der Waals surface area contributed by atoms with E-state index in [1.165, 1.54) is 0 Å². The third kappa shape index (κ3) is 1.45. The molecule has 0 bridgehead atoms. The van der Waals surface area contributed by atoms with E-state index in [4.69, 9.17) is 0 Å². The van der Waals surface area contributed by atoms with Crippen molar-refractivity contribution in [1.29, 1.82) is 0 Å². The van der Waals surface area contributed by atoms with E-state index < -0.39 is 0 Å². The molecule has 104 valence electrons. The SMILES string of the molecule is c1ccc(-c2[nH][nH]c3nnc4nc5ccccc5c4c23)cc1. The molecule has 0 radical (unpaired) electrons. The number of nitrogens with zero attached hydrogens (tertiary/aromatic N) is 3. The summed E-state index contributed by atoms with van der Waals surface area (Å²) in [6.45, 7) is 0. The van der Waals surface area contributed by atoms with Crippen molar-refractivity contribution in [3.05, 3.63) is 54.6 Å². The Kier molecular flexibility index (Phi) is 2.16. The van der Waals surface area contributed by atoms with Gasteiger partial charge in [-0.25, -0.2) is 4.98 Å². The molecule has 0 aliphatic heterocycles. The third-order valence-electron chi connectivity index (χ3n) is 3.97. The summed E-state index contributed by atoms with van der Waals surface area (Å²) in [4.78, 5) is 4.58. The van der Waals surface area contributed by atoms with Gasteiger partial charge in [-0.05, 0) is 6.07 Å². The maximum absolute atomic E-state index is 4.58. The lowest BCUT2D eigenvalue weighted by Crippen LogP contribution is -1.85. The summed E-state index contributed by atoms with van der Waals surface area (Å²) in [6.07, 6.45) is 0. The van der Waals surface area contributed by atoms with E-state index in [-0.39, 0.29) is 0 Å². The lowest BCUT2D eigenvalue weighted by molar-refractivity contribution is 1.04. The highest BCUT2D eigenvalue weighted by Gasteiger charge is 2.16. The number of para-hydroxylation sites is 1. The number of fused-ring (bicyclic) bond motifs is 5. The summed E-state index contributed by atoms with van der Waals surface area (Å²) in [6, 6.07) is 18.3. The second kappa shape index (κ2) is 4.14. The van der Waals surface area contributed by atoms with E-state index in [0.717, 1.165) is 38.6 Å². The first-order valence-corrected chi connectivity index (χ1v) is 7.08. The second-order valence-corrected chi connectivity index (χ2v) is 5.24. The fourth-order valence-electron chi connectivity index (χ4n) is 2.99. The highest BCUT2D eigenvalue weighted by atomic mass is 15.2. The van der Waals surface area contributed by atoms with Gasteiger partial charge < -0.3 is 0 Å². The number of aromatic nitrogens is 5. The first kappa shape index (κ1) is 11.4. The van der Waals surface area contributed by atoms with Gasteiger partial charge in [0.2, 0.25) is 0 Å². The van der Waals surface area contributed by atoms with Crippen molar-refractivity contribution >= 4 is 33.0 Å². The van der Waals surface area contributed by atoms with Crippen LogP contribution >= 0.6 is 0 Å². The molecule has 2 aromatic carbocycles. The Morgan fingerprint density at radius 2 is 1.55 bits per heavy atom. The number of hydrogen-bond acceptors (Lipinski definition) is 3. The van der Waals surface area contributed by atoms with Gasteiger partial charge in [0, 0.05) is 16.3 Å². The van der Waals surface area contributed by atoms with Crippen molar-refractivity contribution < 1.29 is 0 Å². The molecule has 0 aliphatic carbocycles. The Hall–Kier alpha value is -3.21. The molecule has 0 amide bonds. The zero-order chi connectivity index (χ0) is 14.5. The van der Waals surface area contributed by atoms with Crippen LogP contribution in [0, 0.1) is 0 Å². The molecule has 3 aromatic heterocycles. The smallest absolute Gasteiger partial charge is 0.183 e. The normalized spacial score (nSPS) is 11.6. The van der Waals surface area contributed by atoms with Gasteiger partial charge in [0.1, 0.15) is 0 Å². The van der Waals surface area contributed by atoms with Gasteiger partial charge in [-0.2, -0.15) is 0 Å². The first-order valence-electron chi connectivity index (χ1n) is 7.08. The molecule has 0 atom stereocenters. The number of rotatable bonds is 1. The monoisotopic (exact) mass is 285 g/mol. The largest absolute Gasteiger partial charge is 0.298 e.